The molecule has 78 valence electrons. The lowest BCUT2D eigenvalue weighted by atomic mass is 9.88. The number of carboxylic acids is 1. The minimum atomic E-state index is -0.838. The van der Waals surface area contributed by atoms with Gasteiger partial charge in [0.25, 0.3) is 0 Å². The van der Waals surface area contributed by atoms with E-state index in [2.05, 4.69) is 4.98 Å². The van der Waals surface area contributed by atoms with E-state index in [0.717, 1.165) is 5.69 Å². The van der Waals surface area contributed by atoms with Gasteiger partial charge >= 0.3 is 5.97 Å². The van der Waals surface area contributed by atoms with Gasteiger partial charge in [0.1, 0.15) is 5.15 Å². The molecule has 0 spiro atoms. The first kappa shape index (κ1) is 11.0. The van der Waals surface area contributed by atoms with Crippen molar-refractivity contribution in [3.05, 3.63) is 17.2 Å². The van der Waals surface area contributed by atoms with Crippen LogP contribution >= 0.6 is 11.6 Å². The van der Waals surface area contributed by atoms with Crippen molar-refractivity contribution in [2.45, 2.75) is 20.3 Å². The Labute approximate surface area is 87.5 Å². The summed E-state index contributed by atoms with van der Waals surface area (Å²) in [7, 11) is 1.80. The maximum atomic E-state index is 10.9. The summed E-state index contributed by atoms with van der Waals surface area (Å²) in [5.41, 5.74) is -0.0729. The van der Waals surface area contributed by atoms with Gasteiger partial charge in [-0.1, -0.05) is 11.6 Å². The Bertz CT molecular complexity index is 338. The fourth-order valence-electron chi connectivity index (χ4n) is 1.12. The van der Waals surface area contributed by atoms with Gasteiger partial charge in [0.05, 0.1) is 17.4 Å². The van der Waals surface area contributed by atoms with Crippen LogP contribution in [0.4, 0.5) is 0 Å². The number of carbonyl (C=O) groups is 1. The largest absolute Gasteiger partial charge is 0.481 e. The molecule has 0 saturated carbocycles. The molecule has 14 heavy (non-hydrogen) atoms. The lowest BCUT2D eigenvalue weighted by Crippen LogP contribution is -2.27. The Balaban J connectivity index is 2.94. The summed E-state index contributed by atoms with van der Waals surface area (Å²) in [6, 6.07) is 0. The molecule has 1 rings (SSSR count). The van der Waals surface area contributed by atoms with E-state index in [9.17, 15) is 4.79 Å². The van der Waals surface area contributed by atoms with Crippen molar-refractivity contribution in [1.29, 1.82) is 0 Å². The van der Waals surface area contributed by atoms with Crippen LogP contribution in [-0.2, 0) is 18.3 Å². The molecule has 5 heteroatoms. The predicted molar refractivity (Wildman–Crippen MR) is 53.3 cm³/mol. The van der Waals surface area contributed by atoms with Crippen LogP contribution in [0.3, 0.4) is 0 Å². The average molecular weight is 217 g/mol. The monoisotopic (exact) mass is 216 g/mol. The molecule has 1 aromatic heterocycles. The highest BCUT2D eigenvalue weighted by Crippen LogP contribution is 2.25. The summed E-state index contributed by atoms with van der Waals surface area (Å²) in [6.45, 7) is 3.33. The van der Waals surface area contributed by atoms with Crippen molar-refractivity contribution in [1.82, 2.24) is 9.55 Å². The molecule has 0 radical (unpaired) electrons. The van der Waals surface area contributed by atoms with Crippen molar-refractivity contribution in [3.8, 4) is 0 Å². The Kier molecular flexibility index (Phi) is 2.85. The molecule has 1 aromatic rings. The van der Waals surface area contributed by atoms with Gasteiger partial charge in [-0.2, -0.15) is 0 Å². The Morgan fingerprint density at radius 2 is 2.29 bits per heavy atom. The maximum absolute atomic E-state index is 10.9. The van der Waals surface area contributed by atoms with E-state index < -0.39 is 11.4 Å². The third kappa shape index (κ3) is 2.07. The van der Waals surface area contributed by atoms with Gasteiger partial charge in [-0.25, -0.2) is 4.98 Å². The van der Waals surface area contributed by atoms with Crippen molar-refractivity contribution in [3.63, 3.8) is 0 Å². The summed E-state index contributed by atoms with van der Waals surface area (Å²) < 4.78 is 1.74. The zero-order chi connectivity index (χ0) is 10.9. The van der Waals surface area contributed by atoms with Crippen LogP contribution in [-0.4, -0.2) is 20.6 Å². The number of aliphatic carboxylic acids is 1. The zero-order valence-corrected chi connectivity index (χ0v) is 9.17. The molecule has 0 fully saturated rings. The Morgan fingerprint density at radius 1 is 1.71 bits per heavy atom. The van der Waals surface area contributed by atoms with Crippen molar-refractivity contribution >= 4 is 17.6 Å². The number of aryl methyl sites for hydroxylation is 1. The van der Waals surface area contributed by atoms with E-state index in [1.54, 1.807) is 31.8 Å². The van der Waals surface area contributed by atoms with Crippen LogP contribution in [0.1, 0.15) is 19.5 Å². The topological polar surface area (TPSA) is 55.1 Å². The minimum Gasteiger partial charge on any atom is -0.481 e. The molecule has 0 aliphatic heterocycles. The van der Waals surface area contributed by atoms with E-state index >= 15 is 0 Å². The SMILES string of the molecule is Cn1cnc(Cl)c1CC(C)(C)C(=O)O. The third-order valence-electron chi connectivity index (χ3n) is 2.20. The second-order valence-corrected chi connectivity index (χ2v) is 4.32. The van der Waals surface area contributed by atoms with E-state index in [-0.39, 0.29) is 0 Å². The lowest BCUT2D eigenvalue weighted by molar-refractivity contribution is -0.146. The smallest absolute Gasteiger partial charge is 0.309 e. The Morgan fingerprint density at radius 3 is 2.64 bits per heavy atom. The van der Waals surface area contributed by atoms with Crippen molar-refractivity contribution in [2.24, 2.45) is 12.5 Å². The molecule has 1 heterocycles. The molecule has 0 amide bonds. The van der Waals surface area contributed by atoms with Crippen LogP contribution in [0, 0.1) is 5.41 Å². The normalized spacial score (nSPS) is 11.7. The maximum Gasteiger partial charge on any atom is 0.309 e. The van der Waals surface area contributed by atoms with Gasteiger partial charge < -0.3 is 9.67 Å². The van der Waals surface area contributed by atoms with Crippen molar-refractivity contribution in [2.75, 3.05) is 0 Å². The second-order valence-electron chi connectivity index (χ2n) is 3.96. The fourth-order valence-corrected chi connectivity index (χ4v) is 1.36. The average Bonchev–Trinajstić information content (AvgIpc) is 2.35. The quantitative estimate of drug-likeness (QED) is 0.837. The van der Waals surface area contributed by atoms with Crippen LogP contribution in [0.5, 0.6) is 0 Å². The predicted octanol–water partition coefficient (Wildman–Crippen LogP) is 1.73. The molecule has 0 atom stereocenters. The number of hydrogen-bond acceptors (Lipinski definition) is 2. The highest BCUT2D eigenvalue weighted by Gasteiger charge is 2.29. The van der Waals surface area contributed by atoms with E-state index in [4.69, 9.17) is 16.7 Å². The highest BCUT2D eigenvalue weighted by molar-refractivity contribution is 6.30. The van der Waals surface area contributed by atoms with Crippen LogP contribution in [0.15, 0.2) is 6.33 Å². The van der Waals surface area contributed by atoms with Gasteiger partial charge in [0, 0.05) is 13.5 Å². The number of carboxylic acid groups (broad SMARTS) is 1. The summed E-state index contributed by atoms with van der Waals surface area (Å²) in [6.07, 6.45) is 1.95. The fraction of sp³-hybridized carbons (Fsp3) is 0.556. The van der Waals surface area contributed by atoms with Gasteiger partial charge in [0.15, 0.2) is 0 Å². The van der Waals surface area contributed by atoms with Gasteiger partial charge in [-0.15, -0.1) is 0 Å². The summed E-state index contributed by atoms with van der Waals surface area (Å²) in [5, 5.41) is 9.33. The van der Waals surface area contributed by atoms with Crippen LogP contribution in [0.2, 0.25) is 5.15 Å². The number of imidazole rings is 1. The second kappa shape index (κ2) is 3.61. The summed E-state index contributed by atoms with van der Waals surface area (Å²) in [5.74, 6) is -0.838. The first-order chi connectivity index (χ1) is 6.34. The third-order valence-corrected chi connectivity index (χ3v) is 2.51. The van der Waals surface area contributed by atoms with Crippen LogP contribution in [0.25, 0.3) is 0 Å². The summed E-state index contributed by atoms with van der Waals surface area (Å²) in [4.78, 5) is 14.8. The molecule has 0 bridgehead atoms. The first-order valence-electron chi connectivity index (χ1n) is 4.23. The highest BCUT2D eigenvalue weighted by atomic mass is 35.5. The number of nitrogens with zero attached hydrogens (tertiary/aromatic N) is 2. The van der Waals surface area contributed by atoms with Crippen molar-refractivity contribution < 1.29 is 9.90 Å². The van der Waals surface area contributed by atoms with E-state index in [0.29, 0.717) is 11.6 Å². The lowest BCUT2D eigenvalue weighted by Gasteiger charge is -2.19. The van der Waals surface area contributed by atoms with E-state index in [1.807, 2.05) is 0 Å². The molecular weight excluding hydrogens is 204 g/mol. The van der Waals surface area contributed by atoms with Gasteiger partial charge in [-0.05, 0) is 13.8 Å². The zero-order valence-electron chi connectivity index (χ0n) is 8.41. The number of halogens is 1. The minimum absolute atomic E-state index is 0.373. The molecule has 4 nitrogen and oxygen atoms in total. The van der Waals surface area contributed by atoms with E-state index in [1.165, 1.54) is 0 Å². The van der Waals surface area contributed by atoms with Gasteiger partial charge in [-0.3, -0.25) is 4.79 Å². The van der Waals surface area contributed by atoms with Crippen LogP contribution < -0.4 is 0 Å². The molecule has 1 N–H and O–H groups in total. The number of hydrogen-bond donors (Lipinski definition) is 1. The first-order valence-corrected chi connectivity index (χ1v) is 4.61. The van der Waals surface area contributed by atoms with Gasteiger partial charge in [0.2, 0.25) is 0 Å². The molecular formula is C9H13ClN2O2. The Hall–Kier alpha value is -1.03. The molecule has 0 saturated heterocycles. The molecule has 0 aliphatic rings. The molecule has 0 aromatic carbocycles. The molecule has 0 unspecified atom stereocenters. The molecule has 0 aliphatic carbocycles. The number of rotatable bonds is 3. The standard InChI is InChI=1S/C9H13ClN2O2/c1-9(2,8(13)14)4-6-7(10)11-5-12(6)3/h5H,4H2,1-3H3,(H,13,14). The summed E-state index contributed by atoms with van der Waals surface area (Å²) >= 11 is 5.83. The number of aromatic nitrogens is 2.